The quantitative estimate of drug-likeness (QED) is 0.429. The summed E-state index contributed by atoms with van der Waals surface area (Å²) < 4.78 is 0.788. The molecule has 0 unspecified atom stereocenters. The fraction of sp³-hybridized carbons (Fsp3) is 0.125. The second-order valence-corrected chi connectivity index (χ2v) is 9.18. The van der Waals surface area contributed by atoms with Crippen molar-refractivity contribution in [3.8, 4) is 0 Å². The number of halogens is 2. The average Bonchev–Trinajstić information content (AvgIpc) is 2.85. The molecule has 1 heterocycles. The van der Waals surface area contributed by atoms with Crippen LogP contribution in [0.25, 0.3) is 0 Å². The maximum atomic E-state index is 13.8. The van der Waals surface area contributed by atoms with Gasteiger partial charge in [-0.15, -0.1) is 0 Å². The smallest absolute Gasteiger partial charge is 0.331 e. The normalized spacial score (nSPS) is 16.7. The number of benzene rings is 3. The molecule has 0 radical (unpaired) electrons. The molecule has 0 spiro atoms. The van der Waals surface area contributed by atoms with Gasteiger partial charge in [0.05, 0.1) is 11.3 Å². The van der Waals surface area contributed by atoms with Gasteiger partial charge in [0.2, 0.25) is 0 Å². The van der Waals surface area contributed by atoms with Crippen LogP contribution in [0, 0.1) is 10.5 Å². The summed E-state index contributed by atoms with van der Waals surface area (Å²) in [5.74, 6) is -2.29. The lowest BCUT2D eigenvalue weighted by molar-refractivity contribution is -0.144. The van der Waals surface area contributed by atoms with E-state index < -0.39 is 29.9 Å². The van der Waals surface area contributed by atoms with Crippen LogP contribution in [0.15, 0.2) is 66.7 Å². The van der Waals surface area contributed by atoms with Crippen molar-refractivity contribution in [2.24, 2.45) is 0 Å². The Labute approximate surface area is 203 Å². The van der Waals surface area contributed by atoms with Crippen molar-refractivity contribution in [1.29, 1.82) is 0 Å². The number of carbonyl (C=O) groups excluding carboxylic acids is 2. The standard InChI is InChI=1S/C24H18ClIN2O4/c1-13-2-4-15(5-3-13)21(24(31)32)28-20(14-6-8-16(25)9-7-14)22(29)27-19-11-10-17(26)12-18(19)23(28)30/h2-12,20-21H,1H3,(H,27,29)(H,31,32)/t20-,21-/m0/s1. The first-order valence-corrected chi connectivity index (χ1v) is 11.2. The van der Waals surface area contributed by atoms with Gasteiger partial charge in [-0.2, -0.15) is 0 Å². The summed E-state index contributed by atoms with van der Waals surface area (Å²) in [5.41, 5.74) is 2.39. The van der Waals surface area contributed by atoms with E-state index in [1.807, 2.05) is 6.92 Å². The lowest BCUT2D eigenvalue weighted by Gasteiger charge is -2.34. The van der Waals surface area contributed by atoms with E-state index >= 15 is 0 Å². The number of carboxylic acid groups (broad SMARTS) is 1. The number of fused-ring (bicyclic) bond motifs is 1. The second-order valence-electron chi connectivity index (χ2n) is 7.50. The molecule has 0 aliphatic carbocycles. The first kappa shape index (κ1) is 22.3. The molecule has 162 valence electrons. The van der Waals surface area contributed by atoms with Crippen molar-refractivity contribution >= 4 is 57.7 Å². The molecule has 3 aromatic rings. The molecule has 2 N–H and O–H groups in total. The monoisotopic (exact) mass is 560 g/mol. The van der Waals surface area contributed by atoms with Gasteiger partial charge >= 0.3 is 5.97 Å². The molecule has 0 saturated heterocycles. The number of anilines is 1. The van der Waals surface area contributed by atoms with Crippen LogP contribution < -0.4 is 5.32 Å². The number of nitrogens with zero attached hydrogens (tertiary/aromatic N) is 1. The van der Waals surface area contributed by atoms with E-state index in [2.05, 4.69) is 27.9 Å². The molecular weight excluding hydrogens is 543 g/mol. The Balaban J connectivity index is 1.95. The molecule has 1 aliphatic rings. The highest BCUT2D eigenvalue weighted by Crippen LogP contribution is 2.38. The Kier molecular flexibility index (Phi) is 6.21. The highest BCUT2D eigenvalue weighted by atomic mass is 127. The van der Waals surface area contributed by atoms with Gasteiger partial charge in [-0.1, -0.05) is 53.6 Å². The van der Waals surface area contributed by atoms with E-state index in [0.717, 1.165) is 14.0 Å². The number of amides is 2. The largest absolute Gasteiger partial charge is 0.479 e. The van der Waals surface area contributed by atoms with Crippen LogP contribution in [-0.2, 0) is 9.59 Å². The minimum absolute atomic E-state index is 0.236. The predicted octanol–water partition coefficient (Wildman–Crippen LogP) is 5.21. The van der Waals surface area contributed by atoms with Gasteiger partial charge in [-0.3, -0.25) is 9.59 Å². The third-order valence-electron chi connectivity index (χ3n) is 5.32. The van der Waals surface area contributed by atoms with Crippen LogP contribution in [-0.4, -0.2) is 27.8 Å². The Morgan fingerprint density at radius 1 is 1.06 bits per heavy atom. The first-order chi connectivity index (χ1) is 15.3. The zero-order valence-corrected chi connectivity index (χ0v) is 19.8. The number of hydrogen-bond acceptors (Lipinski definition) is 3. The van der Waals surface area contributed by atoms with Gasteiger partial charge in [0.1, 0.15) is 6.04 Å². The molecule has 8 heteroatoms. The zero-order chi connectivity index (χ0) is 23.0. The molecule has 4 rings (SSSR count). The number of hydrogen-bond donors (Lipinski definition) is 2. The molecule has 2 amide bonds. The highest BCUT2D eigenvalue weighted by molar-refractivity contribution is 14.1. The Morgan fingerprint density at radius 2 is 1.72 bits per heavy atom. The highest BCUT2D eigenvalue weighted by Gasteiger charge is 2.43. The lowest BCUT2D eigenvalue weighted by atomic mass is 9.97. The number of rotatable bonds is 4. The van der Waals surface area contributed by atoms with Crippen molar-refractivity contribution in [2.75, 3.05) is 5.32 Å². The Hall–Kier alpha value is -2.91. The van der Waals surface area contributed by atoms with E-state index in [1.54, 1.807) is 66.7 Å². The molecule has 32 heavy (non-hydrogen) atoms. The summed E-state index contributed by atoms with van der Waals surface area (Å²) in [5, 5.41) is 13.5. The molecular formula is C24H18ClIN2O4. The van der Waals surface area contributed by atoms with Gasteiger partial charge in [0.15, 0.2) is 6.04 Å². The van der Waals surface area contributed by atoms with E-state index in [-0.39, 0.29) is 5.56 Å². The summed E-state index contributed by atoms with van der Waals surface area (Å²) in [7, 11) is 0. The molecule has 3 aromatic carbocycles. The van der Waals surface area contributed by atoms with E-state index in [0.29, 0.717) is 21.8 Å². The fourth-order valence-corrected chi connectivity index (χ4v) is 4.40. The van der Waals surface area contributed by atoms with Crippen molar-refractivity contribution in [2.45, 2.75) is 19.0 Å². The molecule has 0 bridgehead atoms. The average molecular weight is 561 g/mol. The number of carbonyl (C=O) groups is 3. The first-order valence-electron chi connectivity index (χ1n) is 9.74. The molecule has 6 nitrogen and oxygen atoms in total. The summed E-state index contributed by atoms with van der Waals surface area (Å²) in [6.07, 6.45) is 0. The van der Waals surface area contributed by atoms with Crippen LogP contribution >= 0.6 is 34.2 Å². The van der Waals surface area contributed by atoms with Gasteiger partial charge in [-0.05, 0) is 71.0 Å². The summed E-state index contributed by atoms with van der Waals surface area (Å²) >= 11 is 8.10. The molecule has 0 saturated carbocycles. The third-order valence-corrected chi connectivity index (χ3v) is 6.24. The summed E-state index contributed by atoms with van der Waals surface area (Å²) in [4.78, 5) is 40.9. The maximum absolute atomic E-state index is 13.8. The summed E-state index contributed by atoms with van der Waals surface area (Å²) in [6.45, 7) is 1.89. The zero-order valence-electron chi connectivity index (χ0n) is 16.9. The Bertz CT molecular complexity index is 1210. The van der Waals surface area contributed by atoms with Crippen LogP contribution in [0.2, 0.25) is 5.02 Å². The van der Waals surface area contributed by atoms with Gasteiger partial charge < -0.3 is 15.3 Å². The number of nitrogens with one attached hydrogen (secondary N) is 1. The number of aliphatic carboxylic acids is 1. The number of carboxylic acids is 1. The molecule has 0 fully saturated rings. The lowest BCUT2D eigenvalue weighted by Crippen LogP contribution is -2.44. The molecule has 1 aliphatic heterocycles. The van der Waals surface area contributed by atoms with Crippen LogP contribution in [0.5, 0.6) is 0 Å². The predicted molar refractivity (Wildman–Crippen MR) is 130 cm³/mol. The topological polar surface area (TPSA) is 86.7 Å². The Morgan fingerprint density at radius 3 is 2.34 bits per heavy atom. The second kappa shape index (κ2) is 8.91. The minimum Gasteiger partial charge on any atom is -0.479 e. The fourth-order valence-electron chi connectivity index (χ4n) is 3.78. The van der Waals surface area contributed by atoms with E-state index in [1.165, 1.54) is 0 Å². The molecule has 2 atom stereocenters. The van der Waals surface area contributed by atoms with Crippen molar-refractivity contribution in [1.82, 2.24) is 4.90 Å². The van der Waals surface area contributed by atoms with Crippen LogP contribution in [0.1, 0.15) is 39.1 Å². The maximum Gasteiger partial charge on any atom is 0.331 e. The number of aryl methyl sites for hydroxylation is 1. The van der Waals surface area contributed by atoms with Crippen LogP contribution in [0.4, 0.5) is 5.69 Å². The van der Waals surface area contributed by atoms with E-state index in [4.69, 9.17) is 11.6 Å². The van der Waals surface area contributed by atoms with Crippen LogP contribution in [0.3, 0.4) is 0 Å². The molecule has 0 aromatic heterocycles. The summed E-state index contributed by atoms with van der Waals surface area (Å²) in [6, 6.07) is 15.9. The van der Waals surface area contributed by atoms with Gasteiger partial charge in [0.25, 0.3) is 11.8 Å². The van der Waals surface area contributed by atoms with Gasteiger partial charge in [0, 0.05) is 8.59 Å². The van der Waals surface area contributed by atoms with Crippen molar-refractivity contribution in [3.05, 3.63) is 97.6 Å². The third kappa shape index (κ3) is 4.22. The van der Waals surface area contributed by atoms with Crippen molar-refractivity contribution in [3.63, 3.8) is 0 Å². The van der Waals surface area contributed by atoms with Gasteiger partial charge in [-0.25, -0.2) is 4.79 Å². The SMILES string of the molecule is Cc1ccc([C@@H](C(=O)O)N2C(=O)c3cc(I)ccc3NC(=O)[C@@H]2c2ccc(Cl)cc2)cc1. The van der Waals surface area contributed by atoms with Crippen molar-refractivity contribution < 1.29 is 19.5 Å². The minimum atomic E-state index is -1.38. The van der Waals surface area contributed by atoms with E-state index in [9.17, 15) is 19.5 Å².